The highest BCUT2D eigenvalue weighted by Crippen LogP contribution is 2.25. The fourth-order valence-electron chi connectivity index (χ4n) is 2.65. The topological polar surface area (TPSA) is 54.9 Å². The number of aromatic nitrogens is 2. The third-order valence-electron chi connectivity index (χ3n) is 3.71. The van der Waals surface area contributed by atoms with Crippen LogP contribution in [0, 0.1) is 5.92 Å². The maximum absolute atomic E-state index is 12.2. The van der Waals surface area contributed by atoms with Gasteiger partial charge in [-0.05, 0) is 31.0 Å². The number of fused-ring (bicyclic) bond motifs is 1. The van der Waals surface area contributed by atoms with Gasteiger partial charge >= 0.3 is 0 Å². The van der Waals surface area contributed by atoms with Crippen molar-refractivity contribution in [2.24, 2.45) is 5.92 Å². The van der Waals surface area contributed by atoms with Crippen molar-refractivity contribution in [2.75, 3.05) is 5.32 Å². The third-order valence-corrected chi connectivity index (χ3v) is 3.71. The van der Waals surface area contributed by atoms with E-state index in [1.165, 1.54) is 19.3 Å². The molecule has 1 aliphatic rings. The quantitative estimate of drug-likeness (QED) is 0.896. The average molecular weight is 255 g/mol. The molecule has 1 heterocycles. The molecule has 0 atom stereocenters. The van der Waals surface area contributed by atoms with Crippen molar-refractivity contribution >= 4 is 22.6 Å². The predicted molar refractivity (Wildman–Crippen MR) is 74.7 cm³/mol. The number of anilines is 1. The van der Waals surface area contributed by atoms with Gasteiger partial charge in [0.05, 0.1) is 11.0 Å². The minimum atomic E-state index is 0.142. The lowest BCUT2D eigenvalue weighted by molar-refractivity contribution is -0.120. The molecular formula is C15H17N3O. The van der Waals surface area contributed by atoms with Crippen LogP contribution in [-0.4, -0.2) is 15.9 Å². The van der Waals surface area contributed by atoms with Crippen LogP contribution in [0.3, 0.4) is 0 Å². The summed E-state index contributed by atoms with van der Waals surface area (Å²) < 4.78 is 0. The minimum absolute atomic E-state index is 0.142. The fourth-order valence-corrected chi connectivity index (χ4v) is 2.65. The van der Waals surface area contributed by atoms with Gasteiger partial charge in [0.2, 0.25) is 5.91 Å². The van der Waals surface area contributed by atoms with Gasteiger partial charge in [0.25, 0.3) is 0 Å². The van der Waals surface area contributed by atoms with Crippen LogP contribution in [0.4, 0.5) is 5.69 Å². The van der Waals surface area contributed by atoms with E-state index in [4.69, 9.17) is 0 Å². The number of benzene rings is 1. The molecule has 0 aliphatic heterocycles. The fraction of sp³-hybridized carbons (Fsp3) is 0.400. The molecule has 1 amide bonds. The predicted octanol–water partition coefficient (Wildman–Crippen LogP) is 3.15. The van der Waals surface area contributed by atoms with Crippen molar-refractivity contribution < 1.29 is 4.79 Å². The van der Waals surface area contributed by atoms with Crippen molar-refractivity contribution in [1.82, 2.24) is 9.97 Å². The molecule has 1 fully saturated rings. The van der Waals surface area contributed by atoms with E-state index in [0.717, 1.165) is 29.6 Å². The monoisotopic (exact) mass is 255 g/mol. The molecule has 19 heavy (non-hydrogen) atoms. The van der Waals surface area contributed by atoms with Crippen LogP contribution < -0.4 is 5.32 Å². The standard InChI is InChI=1S/C15H17N3O/c19-15(11-4-2-1-3-5-11)18-12-6-7-13-14(10-12)17-9-8-16-13/h6-11H,1-5H2,(H,18,19). The van der Waals surface area contributed by atoms with E-state index in [1.807, 2.05) is 18.2 Å². The summed E-state index contributed by atoms with van der Waals surface area (Å²) in [5, 5.41) is 3.00. The van der Waals surface area contributed by atoms with E-state index >= 15 is 0 Å². The number of hydrogen-bond acceptors (Lipinski definition) is 3. The summed E-state index contributed by atoms with van der Waals surface area (Å²) in [5.74, 6) is 0.314. The number of rotatable bonds is 2. The lowest BCUT2D eigenvalue weighted by Crippen LogP contribution is -2.24. The van der Waals surface area contributed by atoms with Crippen molar-refractivity contribution in [1.29, 1.82) is 0 Å². The Morgan fingerprint density at radius 1 is 1.05 bits per heavy atom. The normalized spacial score (nSPS) is 16.4. The van der Waals surface area contributed by atoms with E-state index in [-0.39, 0.29) is 11.8 Å². The average Bonchev–Trinajstić information content (AvgIpc) is 2.48. The molecule has 1 aromatic carbocycles. The largest absolute Gasteiger partial charge is 0.326 e. The molecule has 1 saturated carbocycles. The Hall–Kier alpha value is -1.97. The van der Waals surface area contributed by atoms with Crippen LogP contribution in [0.1, 0.15) is 32.1 Å². The molecule has 0 saturated heterocycles. The first-order valence-corrected chi connectivity index (χ1v) is 6.84. The summed E-state index contributed by atoms with van der Waals surface area (Å²) in [5.41, 5.74) is 2.46. The van der Waals surface area contributed by atoms with Gasteiger partial charge in [-0.25, -0.2) is 0 Å². The summed E-state index contributed by atoms with van der Waals surface area (Å²) in [4.78, 5) is 20.6. The van der Waals surface area contributed by atoms with Crippen molar-refractivity contribution in [3.63, 3.8) is 0 Å². The van der Waals surface area contributed by atoms with Crippen LogP contribution in [-0.2, 0) is 4.79 Å². The first-order chi connectivity index (χ1) is 9.33. The lowest BCUT2D eigenvalue weighted by Gasteiger charge is -2.20. The summed E-state index contributed by atoms with van der Waals surface area (Å²) in [6, 6.07) is 5.65. The van der Waals surface area contributed by atoms with Crippen LogP contribution in [0.2, 0.25) is 0 Å². The van der Waals surface area contributed by atoms with E-state index in [2.05, 4.69) is 15.3 Å². The maximum Gasteiger partial charge on any atom is 0.227 e. The Morgan fingerprint density at radius 3 is 2.58 bits per heavy atom. The zero-order valence-corrected chi connectivity index (χ0v) is 10.8. The first kappa shape index (κ1) is 12.1. The molecule has 2 aromatic rings. The SMILES string of the molecule is O=C(Nc1ccc2nccnc2c1)C1CCCCC1. The Bertz CT molecular complexity index is 591. The molecular weight excluding hydrogens is 238 g/mol. The van der Waals surface area contributed by atoms with Crippen LogP contribution in [0.25, 0.3) is 11.0 Å². The maximum atomic E-state index is 12.2. The highest BCUT2D eigenvalue weighted by molar-refractivity contribution is 5.94. The zero-order valence-electron chi connectivity index (χ0n) is 10.8. The van der Waals surface area contributed by atoms with Gasteiger partial charge < -0.3 is 5.32 Å². The Kier molecular flexibility index (Phi) is 3.40. The number of nitrogens with zero attached hydrogens (tertiary/aromatic N) is 2. The number of amides is 1. The van der Waals surface area contributed by atoms with Gasteiger partial charge in [-0.3, -0.25) is 14.8 Å². The van der Waals surface area contributed by atoms with Gasteiger partial charge in [0, 0.05) is 24.0 Å². The molecule has 4 heteroatoms. The number of hydrogen-bond donors (Lipinski definition) is 1. The van der Waals surface area contributed by atoms with E-state index in [1.54, 1.807) is 12.4 Å². The molecule has 0 spiro atoms. The highest BCUT2D eigenvalue weighted by atomic mass is 16.1. The first-order valence-electron chi connectivity index (χ1n) is 6.84. The molecule has 0 bridgehead atoms. The number of carbonyl (C=O) groups excluding carboxylic acids is 1. The van der Waals surface area contributed by atoms with Gasteiger partial charge in [-0.2, -0.15) is 0 Å². The Balaban J connectivity index is 1.75. The van der Waals surface area contributed by atoms with E-state index < -0.39 is 0 Å². The van der Waals surface area contributed by atoms with E-state index in [0.29, 0.717) is 0 Å². The van der Waals surface area contributed by atoms with Crippen molar-refractivity contribution in [3.8, 4) is 0 Å². The number of nitrogens with one attached hydrogen (secondary N) is 1. The number of carbonyl (C=O) groups is 1. The smallest absolute Gasteiger partial charge is 0.227 e. The molecule has 4 nitrogen and oxygen atoms in total. The second kappa shape index (κ2) is 5.34. The molecule has 3 rings (SSSR count). The summed E-state index contributed by atoms with van der Waals surface area (Å²) in [6.45, 7) is 0. The van der Waals surface area contributed by atoms with E-state index in [9.17, 15) is 4.79 Å². The molecule has 1 N–H and O–H groups in total. The molecule has 1 aromatic heterocycles. The second-order valence-corrected chi connectivity index (χ2v) is 5.08. The van der Waals surface area contributed by atoms with Crippen molar-refractivity contribution in [2.45, 2.75) is 32.1 Å². The Morgan fingerprint density at radius 2 is 1.79 bits per heavy atom. The van der Waals surface area contributed by atoms with Gasteiger partial charge in [-0.1, -0.05) is 19.3 Å². The van der Waals surface area contributed by atoms with Crippen LogP contribution in [0.5, 0.6) is 0 Å². The van der Waals surface area contributed by atoms with Gasteiger partial charge in [0.15, 0.2) is 0 Å². The highest BCUT2D eigenvalue weighted by Gasteiger charge is 2.20. The molecule has 98 valence electrons. The zero-order chi connectivity index (χ0) is 13.1. The van der Waals surface area contributed by atoms with Gasteiger partial charge in [0.1, 0.15) is 0 Å². The van der Waals surface area contributed by atoms with Crippen LogP contribution in [0.15, 0.2) is 30.6 Å². The molecule has 1 aliphatic carbocycles. The van der Waals surface area contributed by atoms with Crippen LogP contribution >= 0.6 is 0 Å². The van der Waals surface area contributed by atoms with Crippen molar-refractivity contribution in [3.05, 3.63) is 30.6 Å². The second-order valence-electron chi connectivity index (χ2n) is 5.08. The molecule has 0 radical (unpaired) electrons. The minimum Gasteiger partial charge on any atom is -0.326 e. The summed E-state index contributed by atoms with van der Waals surface area (Å²) in [7, 11) is 0. The van der Waals surface area contributed by atoms with Gasteiger partial charge in [-0.15, -0.1) is 0 Å². The lowest BCUT2D eigenvalue weighted by atomic mass is 9.88. The molecule has 0 unspecified atom stereocenters. The Labute approximate surface area is 112 Å². The summed E-state index contributed by atoms with van der Waals surface area (Å²) in [6.07, 6.45) is 8.95. The summed E-state index contributed by atoms with van der Waals surface area (Å²) >= 11 is 0. The third kappa shape index (κ3) is 2.72.